The zero-order chi connectivity index (χ0) is 28.0. The van der Waals surface area contributed by atoms with E-state index in [2.05, 4.69) is 22.3 Å². The number of benzene rings is 3. The minimum atomic E-state index is -0.231. The summed E-state index contributed by atoms with van der Waals surface area (Å²) in [5, 5.41) is 3.86. The van der Waals surface area contributed by atoms with E-state index >= 15 is 0 Å². The first-order valence-electron chi connectivity index (χ1n) is 14.2. The summed E-state index contributed by atoms with van der Waals surface area (Å²) in [7, 11) is 1.66. The number of piperidine rings is 1. The van der Waals surface area contributed by atoms with Crippen molar-refractivity contribution in [2.24, 2.45) is 5.41 Å². The molecule has 1 N–H and O–H groups in total. The molecule has 2 heterocycles. The molecule has 3 aromatic rings. The number of methoxy groups -OCH3 is 1. The van der Waals surface area contributed by atoms with Gasteiger partial charge in [-0.2, -0.15) is 0 Å². The van der Waals surface area contributed by atoms with Gasteiger partial charge in [0, 0.05) is 24.7 Å². The standard InChI is InChI=1S/C33H38ClN3O3.ClH/c1-40-28-13-11-25(12-14-28)24-37-22-18-33(32(37)39)16-20-36(21-17-33)19-15-30(26-7-3-2-4-8-26)35-31(38)23-27-9-5-6-10-29(27)34;/h2-14,30H,15-24H2,1H3,(H,35,38);1H. The van der Waals surface area contributed by atoms with Gasteiger partial charge in [0.15, 0.2) is 0 Å². The van der Waals surface area contributed by atoms with Gasteiger partial charge in [-0.25, -0.2) is 0 Å². The molecule has 2 aliphatic heterocycles. The lowest BCUT2D eigenvalue weighted by molar-refractivity contribution is -0.139. The quantitative estimate of drug-likeness (QED) is 0.309. The number of nitrogens with zero attached hydrogens (tertiary/aromatic N) is 2. The van der Waals surface area contributed by atoms with Crippen LogP contribution in [0.4, 0.5) is 0 Å². The summed E-state index contributed by atoms with van der Waals surface area (Å²) in [6, 6.07) is 25.5. The molecule has 2 aliphatic rings. The van der Waals surface area contributed by atoms with Crippen LogP contribution >= 0.6 is 24.0 Å². The molecule has 1 unspecified atom stereocenters. The molecule has 2 saturated heterocycles. The van der Waals surface area contributed by atoms with E-state index in [1.807, 2.05) is 71.6 Å². The van der Waals surface area contributed by atoms with Crippen molar-refractivity contribution >= 4 is 35.8 Å². The Balaban J connectivity index is 0.00000387. The van der Waals surface area contributed by atoms with Crippen molar-refractivity contribution in [2.75, 3.05) is 33.3 Å². The summed E-state index contributed by atoms with van der Waals surface area (Å²) >= 11 is 6.29. The van der Waals surface area contributed by atoms with Gasteiger partial charge in [-0.15, -0.1) is 12.4 Å². The lowest BCUT2D eigenvalue weighted by Gasteiger charge is -2.38. The first kappa shape index (κ1) is 30.9. The maximum absolute atomic E-state index is 13.5. The van der Waals surface area contributed by atoms with Crippen LogP contribution in [0.1, 0.15) is 48.4 Å². The van der Waals surface area contributed by atoms with Crippen molar-refractivity contribution < 1.29 is 14.3 Å². The molecule has 0 radical (unpaired) electrons. The lowest BCUT2D eigenvalue weighted by atomic mass is 9.77. The van der Waals surface area contributed by atoms with Gasteiger partial charge in [-0.3, -0.25) is 9.59 Å². The van der Waals surface area contributed by atoms with E-state index in [-0.39, 0.29) is 36.2 Å². The van der Waals surface area contributed by atoms with Gasteiger partial charge >= 0.3 is 0 Å². The number of hydrogen-bond acceptors (Lipinski definition) is 4. The number of nitrogens with one attached hydrogen (secondary N) is 1. The number of carbonyl (C=O) groups is 2. The summed E-state index contributed by atoms with van der Waals surface area (Å²) in [5.74, 6) is 1.10. The molecule has 1 spiro atoms. The third kappa shape index (κ3) is 7.62. The monoisotopic (exact) mass is 595 g/mol. The average Bonchev–Trinajstić information content (AvgIpc) is 3.28. The van der Waals surface area contributed by atoms with Crippen LogP contribution < -0.4 is 10.1 Å². The van der Waals surface area contributed by atoms with E-state index < -0.39 is 0 Å². The predicted molar refractivity (Wildman–Crippen MR) is 165 cm³/mol. The smallest absolute Gasteiger partial charge is 0.229 e. The molecule has 218 valence electrons. The predicted octanol–water partition coefficient (Wildman–Crippen LogP) is 6.08. The molecule has 0 aliphatic carbocycles. The van der Waals surface area contributed by atoms with Crippen molar-refractivity contribution in [3.05, 3.63) is 101 Å². The molecule has 6 nitrogen and oxygen atoms in total. The van der Waals surface area contributed by atoms with Crippen molar-refractivity contribution in [3.8, 4) is 5.75 Å². The minimum Gasteiger partial charge on any atom is -0.497 e. The van der Waals surface area contributed by atoms with Crippen LogP contribution in [0, 0.1) is 5.41 Å². The van der Waals surface area contributed by atoms with Crippen LogP contribution in [-0.2, 0) is 22.6 Å². The number of ether oxygens (including phenoxy) is 1. The fourth-order valence-electron chi connectivity index (χ4n) is 6.04. The van der Waals surface area contributed by atoms with E-state index in [1.165, 1.54) is 0 Å². The fourth-order valence-corrected chi connectivity index (χ4v) is 6.25. The first-order chi connectivity index (χ1) is 19.5. The highest BCUT2D eigenvalue weighted by molar-refractivity contribution is 6.31. The second-order valence-corrected chi connectivity index (χ2v) is 11.4. The van der Waals surface area contributed by atoms with Crippen LogP contribution in [0.25, 0.3) is 0 Å². The molecule has 0 aromatic heterocycles. The van der Waals surface area contributed by atoms with E-state index in [4.69, 9.17) is 16.3 Å². The highest BCUT2D eigenvalue weighted by Gasteiger charge is 2.47. The van der Waals surface area contributed by atoms with Gasteiger partial charge in [0.2, 0.25) is 11.8 Å². The third-order valence-corrected chi connectivity index (χ3v) is 8.90. The van der Waals surface area contributed by atoms with Gasteiger partial charge in [-0.1, -0.05) is 72.3 Å². The Kier molecular flexibility index (Phi) is 10.7. The largest absolute Gasteiger partial charge is 0.497 e. The van der Waals surface area contributed by atoms with Crippen LogP contribution in [-0.4, -0.2) is 54.9 Å². The van der Waals surface area contributed by atoms with Crippen LogP contribution in [0.5, 0.6) is 5.75 Å². The Morgan fingerprint density at radius 2 is 1.61 bits per heavy atom. The molecular formula is C33H39Cl2N3O3. The van der Waals surface area contributed by atoms with Crippen LogP contribution in [0.15, 0.2) is 78.9 Å². The van der Waals surface area contributed by atoms with Gasteiger partial charge in [0.25, 0.3) is 0 Å². The molecule has 8 heteroatoms. The summed E-state index contributed by atoms with van der Waals surface area (Å²) in [4.78, 5) is 30.9. The number of carbonyl (C=O) groups excluding carboxylic acids is 2. The van der Waals surface area contributed by atoms with Gasteiger partial charge < -0.3 is 19.9 Å². The Morgan fingerprint density at radius 3 is 2.29 bits per heavy atom. The number of hydrogen-bond donors (Lipinski definition) is 1. The normalized spacial score (nSPS) is 17.2. The van der Waals surface area contributed by atoms with E-state index in [0.29, 0.717) is 17.5 Å². The van der Waals surface area contributed by atoms with Gasteiger partial charge in [0.1, 0.15) is 5.75 Å². The minimum absolute atomic E-state index is 0. The lowest BCUT2D eigenvalue weighted by Crippen LogP contribution is -2.45. The second-order valence-electron chi connectivity index (χ2n) is 11.0. The SMILES string of the molecule is COc1ccc(CN2CCC3(CCN(CCC(NC(=O)Cc4ccccc4Cl)c4ccccc4)CC3)C2=O)cc1.Cl. The Bertz CT molecular complexity index is 1290. The maximum Gasteiger partial charge on any atom is 0.229 e. The summed E-state index contributed by atoms with van der Waals surface area (Å²) in [6.45, 7) is 4.14. The van der Waals surface area contributed by atoms with Gasteiger partial charge in [-0.05, 0) is 73.7 Å². The molecule has 41 heavy (non-hydrogen) atoms. The molecule has 1 atom stereocenters. The number of rotatable bonds is 10. The highest BCUT2D eigenvalue weighted by atomic mass is 35.5. The van der Waals surface area contributed by atoms with Crippen molar-refractivity contribution in [1.82, 2.24) is 15.1 Å². The van der Waals surface area contributed by atoms with Crippen molar-refractivity contribution in [3.63, 3.8) is 0 Å². The third-order valence-electron chi connectivity index (χ3n) is 8.53. The highest BCUT2D eigenvalue weighted by Crippen LogP contribution is 2.42. The number of amides is 2. The van der Waals surface area contributed by atoms with E-state index in [1.54, 1.807) is 7.11 Å². The zero-order valence-electron chi connectivity index (χ0n) is 23.6. The molecule has 2 amide bonds. The molecule has 5 rings (SSSR count). The zero-order valence-corrected chi connectivity index (χ0v) is 25.1. The van der Waals surface area contributed by atoms with Crippen LogP contribution in [0.3, 0.4) is 0 Å². The number of likely N-dealkylation sites (tertiary alicyclic amines) is 2. The second kappa shape index (κ2) is 14.2. The molecule has 0 saturated carbocycles. The fraction of sp³-hybridized carbons (Fsp3) is 0.394. The molecular weight excluding hydrogens is 557 g/mol. The summed E-state index contributed by atoms with van der Waals surface area (Å²) in [5.41, 5.74) is 2.83. The number of halogens is 2. The Labute approximate surface area is 254 Å². The topological polar surface area (TPSA) is 61.9 Å². The average molecular weight is 597 g/mol. The van der Waals surface area contributed by atoms with Crippen molar-refractivity contribution in [2.45, 2.75) is 44.7 Å². The molecule has 2 fully saturated rings. The molecule has 3 aromatic carbocycles. The maximum atomic E-state index is 13.5. The van der Waals surface area contributed by atoms with E-state index in [0.717, 1.165) is 74.3 Å². The first-order valence-corrected chi connectivity index (χ1v) is 14.6. The van der Waals surface area contributed by atoms with Gasteiger partial charge in [0.05, 0.1) is 25.0 Å². The van der Waals surface area contributed by atoms with E-state index in [9.17, 15) is 9.59 Å². The Hall–Kier alpha value is -3.06. The Morgan fingerprint density at radius 1 is 0.951 bits per heavy atom. The summed E-state index contributed by atoms with van der Waals surface area (Å²) in [6.07, 6.45) is 3.77. The molecule has 0 bridgehead atoms. The van der Waals surface area contributed by atoms with Crippen LogP contribution in [0.2, 0.25) is 5.02 Å². The van der Waals surface area contributed by atoms with Crippen molar-refractivity contribution in [1.29, 1.82) is 0 Å². The summed E-state index contributed by atoms with van der Waals surface area (Å²) < 4.78 is 5.26.